The number of hydrogen-bond donors (Lipinski definition) is 0. The van der Waals surface area contributed by atoms with E-state index in [2.05, 4.69) is 146 Å². The molecule has 0 unspecified atom stereocenters. The third-order valence-corrected chi connectivity index (χ3v) is 9.90. The number of benzene rings is 5. The maximum absolute atomic E-state index is 7.25. The molecule has 5 aromatic rings. The van der Waals surface area contributed by atoms with Crippen LogP contribution >= 0.6 is 15.8 Å². The fraction of sp³-hybridized carbons (Fsp3) is 0. The Bertz CT molecular complexity index is 1090. The summed E-state index contributed by atoms with van der Waals surface area (Å²) >= 11 is 0. The average molecular weight is 679 g/mol. The summed E-state index contributed by atoms with van der Waals surface area (Å²) in [5.74, 6) is 0. The smallest absolute Gasteiger partial charge is 0.102 e. The maximum Gasteiger partial charge on any atom is 0.102 e. The summed E-state index contributed by atoms with van der Waals surface area (Å²) < 4.78 is 0. The Hall–Kier alpha value is -2.78. The molecule has 0 fully saturated rings. The van der Waals surface area contributed by atoms with Crippen LogP contribution in [0.15, 0.2) is 152 Å². The van der Waals surface area contributed by atoms with Gasteiger partial charge in [-0.1, -0.05) is 126 Å². The van der Waals surface area contributed by atoms with Crippen molar-refractivity contribution in [3.63, 3.8) is 0 Å². The van der Waals surface area contributed by atoms with E-state index in [1.54, 1.807) is 0 Å². The second kappa shape index (κ2) is 16.8. The summed E-state index contributed by atoms with van der Waals surface area (Å²) in [7, 11) is -1.30. The summed E-state index contributed by atoms with van der Waals surface area (Å²) in [6, 6.07) is 53.4. The summed E-state index contributed by atoms with van der Waals surface area (Å²) in [5.41, 5.74) is 5.75. The maximum atomic E-state index is 7.25. The van der Waals surface area contributed by atoms with Gasteiger partial charge in [-0.05, 0) is 36.4 Å². The molecule has 0 atom stereocenters. The van der Waals surface area contributed by atoms with E-state index in [0.717, 1.165) is 0 Å². The molecule has 181 valence electrons. The van der Waals surface area contributed by atoms with E-state index in [1.807, 2.05) is 12.1 Å². The van der Waals surface area contributed by atoms with Crippen molar-refractivity contribution in [2.45, 2.75) is 0 Å². The van der Waals surface area contributed by atoms with Gasteiger partial charge in [-0.25, -0.2) is 7.92 Å². The second-order valence-electron chi connectivity index (χ2n) is 7.57. The zero-order valence-electron chi connectivity index (χ0n) is 19.8. The number of nitroso groups, excluding NO2 is 1. The molecule has 0 bridgehead atoms. The molecular formula is C31H28NOP2Re-. The Labute approximate surface area is 230 Å². The monoisotopic (exact) mass is 679 g/mol. The van der Waals surface area contributed by atoms with Crippen molar-refractivity contribution in [3.8, 4) is 0 Å². The van der Waals surface area contributed by atoms with Crippen molar-refractivity contribution >= 4 is 42.4 Å². The Morgan fingerprint density at radius 2 is 0.667 bits per heavy atom. The first-order chi connectivity index (χ1) is 17.3. The molecule has 1 radical (unpaired) electrons. The molecule has 36 heavy (non-hydrogen) atoms. The zero-order chi connectivity index (χ0) is 24.7. The number of rotatable bonds is 5. The van der Waals surface area contributed by atoms with Gasteiger partial charge in [0.2, 0.25) is 0 Å². The second-order valence-corrected chi connectivity index (χ2v) is 11.9. The van der Waals surface area contributed by atoms with Gasteiger partial charge in [-0.3, -0.25) is 0 Å². The van der Waals surface area contributed by atoms with E-state index < -0.39 is 15.8 Å². The first kappa shape index (κ1) is 29.5. The third kappa shape index (κ3) is 8.71. The fourth-order valence-corrected chi connectivity index (χ4v) is 7.62. The molecule has 5 heteroatoms. The Kier molecular flexibility index (Phi) is 13.8. The van der Waals surface area contributed by atoms with Gasteiger partial charge in [0.15, 0.2) is 0 Å². The van der Waals surface area contributed by atoms with Crippen LogP contribution in [0.3, 0.4) is 0 Å². The van der Waals surface area contributed by atoms with Gasteiger partial charge in [-0.15, -0.1) is 0 Å². The van der Waals surface area contributed by atoms with Gasteiger partial charge in [0.1, 0.15) is 15.9 Å². The molecule has 2 nitrogen and oxygen atoms in total. The molecule has 0 spiro atoms. The Morgan fingerprint density at radius 3 is 0.917 bits per heavy atom. The SMILES string of the molecule is [CH2-]P(c1ccccc1)c1ccccc1.[N-]=O.[Re].c1ccc([PH+](c2ccccc2)c2ccccc2)cc1. The molecule has 0 aliphatic rings. The normalized spacial score (nSPS) is 9.75. The summed E-state index contributed by atoms with van der Waals surface area (Å²) in [6.45, 7) is 4.24. The van der Waals surface area contributed by atoms with Crippen molar-refractivity contribution in [3.05, 3.63) is 169 Å². The predicted molar refractivity (Wildman–Crippen MR) is 158 cm³/mol. The molecule has 5 rings (SSSR count). The van der Waals surface area contributed by atoms with Crippen molar-refractivity contribution in [1.29, 1.82) is 0 Å². The molecule has 0 aromatic heterocycles. The zero-order valence-corrected chi connectivity index (χ0v) is 24.4. The van der Waals surface area contributed by atoms with Crippen LogP contribution < -0.4 is 26.5 Å². The van der Waals surface area contributed by atoms with Crippen molar-refractivity contribution in [2.24, 2.45) is 0 Å². The van der Waals surface area contributed by atoms with Crippen LogP contribution in [0, 0.1) is 11.6 Å². The summed E-state index contributed by atoms with van der Waals surface area (Å²) in [5, 5.41) is 6.96. The van der Waals surface area contributed by atoms with Crippen LogP contribution in [-0.4, -0.2) is 0 Å². The largest absolute Gasteiger partial charge is 0.577 e. The van der Waals surface area contributed by atoms with Crippen LogP contribution in [-0.2, 0) is 20.4 Å². The minimum absolute atomic E-state index is 0. The van der Waals surface area contributed by atoms with E-state index in [1.165, 1.54) is 26.5 Å². The molecule has 0 aliphatic carbocycles. The van der Waals surface area contributed by atoms with E-state index in [4.69, 9.17) is 10.5 Å². The van der Waals surface area contributed by atoms with Crippen molar-refractivity contribution in [1.82, 2.24) is 0 Å². The van der Waals surface area contributed by atoms with Crippen LogP contribution in [0.5, 0.6) is 0 Å². The van der Waals surface area contributed by atoms with Crippen molar-refractivity contribution < 1.29 is 20.4 Å². The first-order valence-corrected chi connectivity index (χ1v) is 14.3. The van der Waals surface area contributed by atoms with Crippen LogP contribution in [0.25, 0.3) is 5.59 Å². The van der Waals surface area contributed by atoms with Crippen LogP contribution in [0.2, 0.25) is 0 Å². The minimum atomic E-state index is -0.877. The molecule has 0 heterocycles. The van der Waals surface area contributed by atoms with Crippen LogP contribution in [0.4, 0.5) is 0 Å². The van der Waals surface area contributed by atoms with Gasteiger partial charge in [0, 0.05) is 20.4 Å². The van der Waals surface area contributed by atoms with Crippen molar-refractivity contribution in [2.75, 3.05) is 0 Å². The molecular weight excluding hydrogens is 651 g/mol. The number of hydrogen-bond acceptors (Lipinski definition) is 1. The molecule has 0 saturated carbocycles. The summed E-state index contributed by atoms with van der Waals surface area (Å²) in [4.78, 5) is 7.25. The van der Waals surface area contributed by atoms with E-state index in [9.17, 15) is 0 Å². The van der Waals surface area contributed by atoms with E-state index in [0.29, 0.717) is 0 Å². The Morgan fingerprint density at radius 1 is 0.444 bits per heavy atom. The van der Waals surface area contributed by atoms with Gasteiger partial charge in [0.05, 0.1) is 7.92 Å². The molecule has 0 N–H and O–H groups in total. The number of nitrogens with zero attached hydrogens (tertiary/aromatic N) is 1. The van der Waals surface area contributed by atoms with Gasteiger partial charge in [0.25, 0.3) is 0 Å². The van der Waals surface area contributed by atoms with Gasteiger partial charge in [-0.2, -0.15) is 0 Å². The van der Waals surface area contributed by atoms with Gasteiger partial charge >= 0.3 is 0 Å². The standard InChI is InChI=1S/C18H15P.C13H12P.NO.Re/c1-4-10-16(11-5-1)19(17-12-6-2-7-13-17)18-14-8-3-9-15-18;1-14(12-8-4-2-5-9-12)13-10-6-3-7-11-13;1-2;/h1-15H;2-11H,1H2;;/q;2*-1;/p+1. The van der Waals surface area contributed by atoms with E-state index in [-0.39, 0.29) is 20.4 Å². The minimum Gasteiger partial charge on any atom is -0.577 e. The Balaban J connectivity index is 0.000000240. The topological polar surface area (TPSA) is 39.4 Å². The fourth-order valence-electron chi connectivity index (χ4n) is 3.68. The average Bonchev–Trinajstić information content (AvgIpc) is 2.97. The van der Waals surface area contributed by atoms with Gasteiger partial charge < -0.3 is 17.2 Å². The summed E-state index contributed by atoms with van der Waals surface area (Å²) in [6.07, 6.45) is 0. The van der Waals surface area contributed by atoms with Crippen LogP contribution in [0.1, 0.15) is 0 Å². The molecule has 0 saturated heterocycles. The predicted octanol–water partition coefficient (Wildman–Crippen LogP) is 6.41. The third-order valence-electron chi connectivity index (χ3n) is 5.32. The first-order valence-electron chi connectivity index (χ1n) is 11.2. The molecule has 0 aliphatic heterocycles. The van der Waals surface area contributed by atoms with E-state index >= 15 is 0 Å². The molecule has 5 aromatic carbocycles. The quantitative estimate of drug-likeness (QED) is 0.157. The molecule has 0 amide bonds.